The fourth-order valence-electron chi connectivity index (χ4n) is 4.34. The van der Waals surface area contributed by atoms with E-state index in [1.807, 2.05) is 61.8 Å². The van der Waals surface area contributed by atoms with Crippen LogP contribution in [0.25, 0.3) is 22.2 Å². The minimum absolute atomic E-state index is 0.0470. The highest BCUT2D eigenvalue weighted by Gasteiger charge is 2.24. The summed E-state index contributed by atoms with van der Waals surface area (Å²) < 4.78 is 24.6. The van der Waals surface area contributed by atoms with E-state index in [9.17, 15) is 13.2 Å². The van der Waals surface area contributed by atoms with E-state index in [0.717, 1.165) is 33.3 Å². The maximum Gasteiger partial charge on any atom is 0.238 e. The highest BCUT2D eigenvalue weighted by Crippen LogP contribution is 2.28. The van der Waals surface area contributed by atoms with Crippen LogP contribution in [0.4, 0.5) is 0 Å². The molecular formula is C27H26N6O3S. The zero-order chi connectivity index (χ0) is 26.0. The van der Waals surface area contributed by atoms with Crippen molar-refractivity contribution in [1.29, 1.82) is 0 Å². The highest BCUT2D eigenvalue weighted by molar-refractivity contribution is 7.89. The van der Waals surface area contributed by atoms with Gasteiger partial charge in [-0.25, -0.2) is 13.6 Å². The third-order valence-corrected chi connectivity index (χ3v) is 7.18. The second-order valence-corrected chi connectivity index (χ2v) is 10.4. The molecule has 37 heavy (non-hydrogen) atoms. The largest absolute Gasteiger partial charge is 0.360 e. The Hall–Kier alpha value is -4.12. The van der Waals surface area contributed by atoms with E-state index in [0.29, 0.717) is 18.5 Å². The number of aromatic amines is 1. The summed E-state index contributed by atoms with van der Waals surface area (Å²) in [5.41, 5.74) is 4.90. The molecule has 4 N–H and O–H groups in total. The van der Waals surface area contributed by atoms with Crippen molar-refractivity contribution in [3.8, 4) is 11.3 Å². The zero-order valence-electron chi connectivity index (χ0n) is 20.1. The Labute approximate surface area is 214 Å². The third kappa shape index (κ3) is 5.36. The molecule has 3 aromatic carbocycles. The lowest BCUT2D eigenvalue weighted by atomic mass is 9.96. The fourth-order valence-corrected chi connectivity index (χ4v) is 4.85. The number of ketones is 1. The average molecular weight is 515 g/mol. The van der Waals surface area contributed by atoms with E-state index >= 15 is 0 Å². The van der Waals surface area contributed by atoms with Crippen LogP contribution in [-0.2, 0) is 23.5 Å². The van der Waals surface area contributed by atoms with Gasteiger partial charge in [0.15, 0.2) is 5.78 Å². The summed E-state index contributed by atoms with van der Waals surface area (Å²) in [5, 5.41) is 17.6. The monoisotopic (exact) mass is 514 g/mol. The second-order valence-electron chi connectivity index (χ2n) is 8.84. The lowest BCUT2D eigenvalue weighted by molar-refractivity contribution is 0.0945. The minimum Gasteiger partial charge on any atom is -0.360 e. The summed E-state index contributed by atoms with van der Waals surface area (Å²) >= 11 is 0. The first kappa shape index (κ1) is 24.6. The molecule has 0 spiro atoms. The first-order valence-electron chi connectivity index (χ1n) is 11.7. The molecule has 1 atom stereocenters. The number of benzene rings is 3. The minimum atomic E-state index is -3.73. The van der Waals surface area contributed by atoms with Crippen LogP contribution < -0.4 is 10.5 Å². The molecule has 0 bridgehead atoms. The topological polar surface area (TPSA) is 136 Å². The number of aryl methyl sites for hydroxylation is 1. The van der Waals surface area contributed by atoms with Crippen LogP contribution in [0.2, 0.25) is 0 Å². The van der Waals surface area contributed by atoms with Gasteiger partial charge in [0.25, 0.3) is 0 Å². The summed E-state index contributed by atoms with van der Waals surface area (Å²) in [6.45, 7) is 0.513. The molecule has 0 saturated heterocycles. The number of aromatic nitrogens is 4. The Balaban J connectivity index is 1.37. The molecule has 0 saturated carbocycles. The first-order valence-corrected chi connectivity index (χ1v) is 13.3. The van der Waals surface area contributed by atoms with Gasteiger partial charge in [0, 0.05) is 41.8 Å². The smallest absolute Gasteiger partial charge is 0.238 e. The quantitative estimate of drug-likeness (QED) is 0.258. The lowest BCUT2D eigenvalue weighted by Gasteiger charge is -2.18. The molecule has 0 aliphatic carbocycles. The van der Waals surface area contributed by atoms with Gasteiger partial charge in [-0.15, -0.1) is 5.10 Å². The number of nitrogens with two attached hydrogens (primary N) is 1. The van der Waals surface area contributed by atoms with Gasteiger partial charge in [0.05, 0.1) is 17.1 Å². The number of carbonyl (C=O) groups is 1. The van der Waals surface area contributed by atoms with Gasteiger partial charge in [-0.2, -0.15) is 0 Å². The molecule has 2 heterocycles. The van der Waals surface area contributed by atoms with Gasteiger partial charge in [-0.3, -0.25) is 9.48 Å². The number of sulfonamides is 1. The van der Waals surface area contributed by atoms with Gasteiger partial charge >= 0.3 is 0 Å². The summed E-state index contributed by atoms with van der Waals surface area (Å²) in [7, 11) is -1.92. The van der Waals surface area contributed by atoms with Crippen LogP contribution in [0, 0.1) is 0 Å². The third-order valence-electron chi connectivity index (χ3n) is 6.25. The molecule has 0 amide bonds. The Morgan fingerprint density at radius 1 is 1.08 bits per heavy atom. The van der Waals surface area contributed by atoms with Crippen LogP contribution in [-0.4, -0.2) is 40.7 Å². The maximum atomic E-state index is 13.8. The normalized spacial score (nSPS) is 12.6. The second kappa shape index (κ2) is 10.1. The molecule has 188 valence electrons. The van der Waals surface area contributed by atoms with E-state index in [2.05, 4.69) is 20.6 Å². The number of hydrogen-bond donors (Lipinski definition) is 3. The summed E-state index contributed by atoms with van der Waals surface area (Å²) in [6.07, 6.45) is 4.20. The van der Waals surface area contributed by atoms with Crippen LogP contribution in [0.15, 0.2) is 90.1 Å². The van der Waals surface area contributed by atoms with E-state index in [1.165, 1.54) is 12.1 Å². The highest BCUT2D eigenvalue weighted by atomic mass is 32.2. The molecule has 0 aliphatic rings. The van der Waals surface area contributed by atoms with E-state index in [1.54, 1.807) is 23.0 Å². The Kier molecular flexibility index (Phi) is 6.70. The van der Waals surface area contributed by atoms with E-state index in [-0.39, 0.29) is 10.7 Å². The Morgan fingerprint density at radius 2 is 1.84 bits per heavy atom. The van der Waals surface area contributed by atoms with Gasteiger partial charge < -0.3 is 10.3 Å². The Bertz CT molecular complexity index is 1660. The van der Waals surface area contributed by atoms with Crippen LogP contribution in [0.1, 0.15) is 27.5 Å². The fraction of sp³-hybridized carbons (Fsp3) is 0.148. The molecule has 5 rings (SSSR count). The SMILES string of the molecule is Cn1cc(-c2ccc3c(C(=O)[C@@H](NCCc4ccc(S(N)(=O)=O)cc4)c4ccccc4)c[nH]c3c2)nn1. The van der Waals surface area contributed by atoms with Crippen molar-refractivity contribution in [2.24, 2.45) is 12.2 Å². The number of H-pyrrole nitrogens is 1. The summed E-state index contributed by atoms with van der Waals surface area (Å²) in [6, 6.07) is 21.3. The van der Waals surface area contributed by atoms with Crippen molar-refractivity contribution in [2.45, 2.75) is 17.4 Å². The molecule has 2 aromatic heterocycles. The lowest BCUT2D eigenvalue weighted by Crippen LogP contribution is -2.30. The van der Waals surface area contributed by atoms with Crippen molar-refractivity contribution in [1.82, 2.24) is 25.3 Å². The van der Waals surface area contributed by atoms with Crippen molar-refractivity contribution in [2.75, 3.05) is 6.54 Å². The molecule has 9 nitrogen and oxygen atoms in total. The number of Topliss-reactive ketones (excluding diaryl/α,β-unsaturated/α-hetero) is 1. The van der Waals surface area contributed by atoms with Crippen molar-refractivity contribution in [3.63, 3.8) is 0 Å². The molecule has 0 radical (unpaired) electrons. The van der Waals surface area contributed by atoms with Gasteiger partial charge in [-0.05, 0) is 35.7 Å². The number of carbonyl (C=O) groups excluding carboxylic acids is 1. The Morgan fingerprint density at radius 3 is 2.51 bits per heavy atom. The van der Waals surface area contributed by atoms with E-state index in [4.69, 9.17) is 5.14 Å². The summed E-state index contributed by atoms with van der Waals surface area (Å²) in [5.74, 6) is -0.0470. The molecule has 0 unspecified atom stereocenters. The predicted molar refractivity (Wildman–Crippen MR) is 141 cm³/mol. The molecule has 10 heteroatoms. The average Bonchev–Trinajstić information content (AvgIpc) is 3.52. The standard InChI is InChI=1S/C27H26N6O3S/c1-33-17-25(31-32-33)20-9-12-22-23(16-30-24(22)15-20)27(34)26(19-5-3-2-4-6-19)29-14-13-18-7-10-21(11-8-18)37(28,35)36/h2-12,15-17,26,29-30H,13-14H2,1H3,(H2,28,35,36)/t26-/m0/s1. The molecular weight excluding hydrogens is 488 g/mol. The van der Waals surface area contributed by atoms with E-state index < -0.39 is 16.1 Å². The number of fused-ring (bicyclic) bond motifs is 1. The van der Waals surface area contributed by atoms with Crippen molar-refractivity contribution in [3.05, 3.63) is 102 Å². The number of hydrogen-bond acceptors (Lipinski definition) is 6. The predicted octanol–water partition coefficient (Wildman–Crippen LogP) is 3.37. The number of rotatable bonds is 9. The molecule has 5 aromatic rings. The number of primary sulfonamides is 1. The molecule has 0 fully saturated rings. The van der Waals surface area contributed by atoms with Crippen LogP contribution >= 0.6 is 0 Å². The zero-order valence-corrected chi connectivity index (χ0v) is 20.9. The van der Waals surface area contributed by atoms with Crippen molar-refractivity contribution < 1.29 is 13.2 Å². The van der Waals surface area contributed by atoms with Gasteiger partial charge in [-0.1, -0.05) is 59.8 Å². The number of nitrogens with one attached hydrogen (secondary N) is 2. The van der Waals surface area contributed by atoms with Crippen LogP contribution in [0.3, 0.4) is 0 Å². The maximum absolute atomic E-state index is 13.8. The van der Waals surface area contributed by atoms with Gasteiger partial charge in [0.1, 0.15) is 5.69 Å². The summed E-state index contributed by atoms with van der Waals surface area (Å²) in [4.78, 5) is 17.1. The van der Waals surface area contributed by atoms with Gasteiger partial charge in [0.2, 0.25) is 10.0 Å². The number of nitrogens with zero attached hydrogens (tertiary/aromatic N) is 3. The van der Waals surface area contributed by atoms with Crippen LogP contribution in [0.5, 0.6) is 0 Å². The molecule has 0 aliphatic heterocycles. The van der Waals surface area contributed by atoms with Crippen molar-refractivity contribution >= 4 is 26.7 Å². The first-order chi connectivity index (χ1) is 17.8.